The van der Waals surface area contributed by atoms with Crippen LogP contribution in [0.25, 0.3) is 0 Å². The van der Waals surface area contributed by atoms with E-state index in [0.717, 1.165) is 6.42 Å². The Hall–Kier alpha value is -0.590. The fraction of sp³-hybridized carbons (Fsp3) is 0.750. The first-order valence-electron chi connectivity index (χ1n) is 6.48. The van der Waals surface area contributed by atoms with Gasteiger partial charge in [-0.25, -0.2) is 8.42 Å². The van der Waals surface area contributed by atoms with Crippen LogP contribution in [0.3, 0.4) is 0 Å². The van der Waals surface area contributed by atoms with E-state index in [1.807, 2.05) is 13.8 Å². The quantitative estimate of drug-likeness (QED) is 0.787. The zero-order chi connectivity index (χ0) is 14.6. The van der Waals surface area contributed by atoms with Gasteiger partial charge in [0.2, 0.25) is 10.0 Å². The summed E-state index contributed by atoms with van der Waals surface area (Å²) in [5.41, 5.74) is 0.931. The molecular formula is C12H22ClN3O2S. The highest BCUT2D eigenvalue weighted by Gasteiger charge is 2.30. The third-order valence-corrected chi connectivity index (χ3v) is 5.65. The normalized spacial score (nSPS) is 14.0. The second-order valence-electron chi connectivity index (χ2n) is 4.73. The van der Waals surface area contributed by atoms with Crippen LogP contribution in [0.2, 0.25) is 0 Å². The zero-order valence-electron chi connectivity index (χ0n) is 11.9. The van der Waals surface area contributed by atoms with E-state index >= 15 is 0 Å². The number of H-pyrrole nitrogens is 1. The fourth-order valence-corrected chi connectivity index (χ4v) is 4.07. The van der Waals surface area contributed by atoms with Gasteiger partial charge in [-0.05, 0) is 12.8 Å². The van der Waals surface area contributed by atoms with Crippen molar-refractivity contribution in [2.75, 3.05) is 13.1 Å². The second kappa shape index (κ2) is 6.72. The number of hydrogen-bond acceptors (Lipinski definition) is 3. The summed E-state index contributed by atoms with van der Waals surface area (Å²) in [5.74, 6) is 0.404. The van der Waals surface area contributed by atoms with E-state index in [1.165, 1.54) is 4.31 Å². The maximum Gasteiger partial charge on any atom is 0.246 e. The van der Waals surface area contributed by atoms with Gasteiger partial charge in [0.05, 0.1) is 17.3 Å². The molecule has 0 aliphatic carbocycles. The predicted octanol–water partition coefficient (Wildman–Crippen LogP) is 2.51. The van der Waals surface area contributed by atoms with Crippen LogP contribution in [-0.4, -0.2) is 36.0 Å². The van der Waals surface area contributed by atoms with Gasteiger partial charge < -0.3 is 0 Å². The average molecular weight is 308 g/mol. The summed E-state index contributed by atoms with van der Waals surface area (Å²) in [6, 6.07) is 0. The molecule has 1 aromatic rings. The standard InChI is InChI=1S/C12H22ClN3O2S/c1-5-9(3)8-16(6-2)19(17,18)12-10(4)14-15-11(12)7-13/h9H,5-8H2,1-4H3,(H,14,15). The minimum atomic E-state index is -3.53. The molecule has 0 aliphatic rings. The Kier molecular flexibility index (Phi) is 5.82. The first kappa shape index (κ1) is 16.5. The molecule has 1 atom stereocenters. The highest BCUT2D eigenvalue weighted by molar-refractivity contribution is 7.89. The molecule has 0 saturated carbocycles. The molecule has 0 spiro atoms. The summed E-state index contributed by atoms with van der Waals surface area (Å²) in [5, 5.41) is 6.65. The van der Waals surface area contributed by atoms with Crippen LogP contribution < -0.4 is 0 Å². The summed E-state index contributed by atoms with van der Waals surface area (Å²) < 4.78 is 26.9. The first-order chi connectivity index (χ1) is 8.88. The molecule has 5 nitrogen and oxygen atoms in total. The van der Waals surface area contributed by atoms with Gasteiger partial charge in [0.1, 0.15) is 4.90 Å². The highest BCUT2D eigenvalue weighted by Crippen LogP contribution is 2.24. The number of nitrogens with one attached hydrogen (secondary N) is 1. The molecule has 0 amide bonds. The number of sulfonamides is 1. The van der Waals surface area contributed by atoms with Crippen molar-refractivity contribution in [3.8, 4) is 0 Å². The molecule has 0 bridgehead atoms. The Bertz CT molecular complexity index is 513. The van der Waals surface area contributed by atoms with Crippen molar-refractivity contribution in [2.24, 2.45) is 5.92 Å². The van der Waals surface area contributed by atoms with Crippen molar-refractivity contribution in [1.29, 1.82) is 0 Å². The lowest BCUT2D eigenvalue weighted by atomic mass is 10.1. The largest absolute Gasteiger partial charge is 0.281 e. The van der Waals surface area contributed by atoms with Gasteiger partial charge in [0.15, 0.2) is 0 Å². The maximum atomic E-state index is 12.7. The van der Waals surface area contributed by atoms with E-state index in [1.54, 1.807) is 6.92 Å². The Balaban J connectivity index is 3.17. The number of aromatic nitrogens is 2. The number of hydrogen-bond donors (Lipinski definition) is 1. The van der Waals surface area contributed by atoms with Crippen LogP contribution >= 0.6 is 11.6 Å². The monoisotopic (exact) mass is 307 g/mol. The molecule has 1 N–H and O–H groups in total. The van der Waals surface area contributed by atoms with Crippen LogP contribution in [0, 0.1) is 12.8 Å². The van der Waals surface area contributed by atoms with Gasteiger partial charge in [0, 0.05) is 13.1 Å². The maximum absolute atomic E-state index is 12.7. The van der Waals surface area contributed by atoms with Crippen LogP contribution in [0.1, 0.15) is 38.6 Å². The summed E-state index contributed by atoms with van der Waals surface area (Å²) >= 11 is 5.77. The molecule has 0 saturated heterocycles. The summed E-state index contributed by atoms with van der Waals surface area (Å²) in [6.07, 6.45) is 0.943. The minimum absolute atomic E-state index is 0.0831. The second-order valence-corrected chi connectivity index (χ2v) is 6.87. The third-order valence-electron chi connectivity index (χ3n) is 3.25. The lowest BCUT2D eigenvalue weighted by molar-refractivity contribution is 0.361. The SMILES string of the molecule is CCC(C)CN(CC)S(=O)(=O)c1c(CCl)n[nH]c1C. The van der Waals surface area contributed by atoms with Crippen LogP contribution in [-0.2, 0) is 15.9 Å². The zero-order valence-corrected chi connectivity index (χ0v) is 13.5. The lowest BCUT2D eigenvalue weighted by Crippen LogP contribution is -2.35. The van der Waals surface area contributed by atoms with Crippen LogP contribution in [0.4, 0.5) is 0 Å². The highest BCUT2D eigenvalue weighted by atomic mass is 35.5. The molecule has 1 heterocycles. The molecule has 110 valence electrons. The Labute approximate surface area is 120 Å². The lowest BCUT2D eigenvalue weighted by Gasteiger charge is -2.23. The van der Waals surface area contributed by atoms with Gasteiger partial charge in [-0.15, -0.1) is 11.6 Å². The first-order valence-corrected chi connectivity index (χ1v) is 8.45. The number of nitrogens with zero attached hydrogens (tertiary/aromatic N) is 2. The molecule has 0 aromatic carbocycles. The summed E-state index contributed by atoms with van der Waals surface area (Å²) in [4.78, 5) is 0.229. The molecule has 0 fully saturated rings. The summed E-state index contributed by atoms with van der Waals surface area (Å²) in [7, 11) is -3.53. The van der Waals surface area contributed by atoms with E-state index in [9.17, 15) is 8.42 Å². The van der Waals surface area contributed by atoms with Crippen molar-refractivity contribution >= 4 is 21.6 Å². The average Bonchev–Trinajstić information content (AvgIpc) is 2.76. The Morgan fingerprint density at radius 2 is 2.05 bits per heavy atom. The fourth-order valence-electron chi connectivity index (χ4n) is 1.91. The van der Waals surface area contributed by atoms with E-state index in [0.29, 0.717) is 30.4 Å². The Morgan fingerprint density at radius 1 is 1.42 bits per heavy atom. The van der Waals surface area contributed by atoms with E-state index < -0.39 is 10.0 Å². The number of halogens is 1. The molecule has 1 unspecified atom stereocenters. The van der Waals surface area contributed by atoms with Crippen molar-refractivity contribution < 1.29 is 8.42 Å². The number of aromatic amines is 1. The number of aryl methyl sites for hydroxylation is 1. The van der Waals surface area contributed by atoms with Crippen LogP contribution in [0.5, 0.6) is 0 Å². The molecule has 0 aliphatic heterocycles. The van der Waals surface area contributed by atoms with E-state index in [4.69, 9.17) is 11.6 Å². The van der Waals surface area contributed by atoms with Gasteiger partial charge >= 0.3 is 0 Å². The number of rotatable bonds is 7. The third kappa shape index (κ3) is 3.49. The van der Waals surface area contributed by atoms with Gasteiger partial charge in [-0.2, -0.15) is 9.40 Å². The van der Waals surface area contributed by atoms with Gasteiger partial charge in [-0.1, -0.05) is 27.2 Å². The molecule has 1 rings (SSSR count). The molecule has 19 heavy (non-hydrogen) atoms. The van der Waals surface area contributed by atoms with Crippen molar-refractivity contribution in [1.82, 2.24) is 14.5 Å². The number of alkyl halides is 1. The van der Waals surface area contributed by atoms with E-state index in [2.05, 4.69) is 17.1 Å². The predicted molar refractivity (Wildman–Crippen MR) is 76.8 cm³/mol. The van der Waals surface area contributed by atoms with Crippen LogP contribution in [0.15, 0.2) is 4.90 Å². The Morgan fingerprint density at radius 3 is 2.53 bits per heavy atom. The van der Waals surface area contributed by atoms with Gasteiger partial charge in [-0.3, -0.25) is 5.10 Å². The molecule has 0 radical (unpaired) electrons. The van der Waals surface area contributed by atoms with Crippen molar-refractivity contribution in [3.05, 3.63) is 11.4 Å². The minimum Gasteiger partial charge on any atom is -0.281 e. The molecule has 7 heteroatoms. The van der Waals surface area contributed by atoms with Gasteiger partial charge in [0.25, 0.3) is 0 Å². The van der Waals surface area contributed by atoms with E-state index in [-0.39, 0.29) is 10.8 Å². The van der Waals surface area contributed by atoms with Crippen molar-refractivity contribution in [2.45, 2.75) is 44.9 Å². The molecular weight excluding hydrogens is 286 g/mol. The smallest absolute Gasteiger partial charge is 0.246 e. The topological polar surface area (TPSA) is 66.1 Å². The summed E-state index contributed by atoms with van der Waals surface area (Å²) in [6.45, 7) is 8.60. The molecule has 1 aromatic heterocycles. The van der Waals surface area contributed by atoms with Crippen molar-refractivity contribution in [3.63, 3.8) is 0 Å².